The molecule has 0 radical (unpaired) electrons. The first-order valence-corrected chi connectivity index (χ1v) is 5.88. The second-order valence-electron chi connectivity index (χ2n) is 4.40. The monoisotopic (exact) mass is 272 g/mol. The van der Waals surface area contributed by atoms with Gasteiger partial charge in [-0.2, -0.15) is 5.26 Å². The summed E-state index contributed by atoms with van der Waals surface area (Å²) in [6, 6.07) is 6.94. The van der Waals surface area contributed by atoms with Gasteiger partial charge in [-0.25, -0.2) is 0 Å². The van der Waals surface area contributed by atoms with Crippen LogP contribution < -0.4 is 0 Å². The number of benzene rings is 1. The van der Waals surface area contributed by atoms with E-state index in [9.17, 15) is 19.8 Å². The molecule has 0 spiro atoms. The molecular weight excluding hydrogens is 260 g/mol. The van der Waals surface area contributed by atoms with Gasteiger partial charge in [0.25, 0.3) is 5.91 Å². The standard InChI is InChI=1S/C14H12N2O4/c1-8(17)11-12(9-2-4-10(18)5-3-9)16(7-6-15)14(20)13(11)19/h2-5,12,18-19H,7H2,1H3/t12-/m0/s1. The average molecular weight is 272 g/mol. The van der Waals surface area contributed by atoms with Crippen LogP contribution in [-0.2, 0) is 9.59 Å². The molecule has 2 N–H and O–H groups in total. The molecule has 102 valence electrons. The second-order valence-corrected chi connectivity index (χ2v) is 4.40. The van der Waals surface area contributed by atoms with E-state index >= 15 is 0 Å². The topological polar surface area (TPSA) is 102 Å². The van der Waals surface area contributed by atoms with Crippen molar-refractivity contribution in [3.05, 3.63) is 41.2 Å². The van der Waals surface area contributed by atoms with Crippen LogP contribution in [0.15, 0.2) is 35.6 Å². The number of aliphatic hydroxyl groups is 1. The van der Waals surface area contributed by atoms with Crippen LogP contribution in [0.5, 0.6) is 5.75 Å². The van der Waals surface area contributed by atoms with Gasteiger partial charge in [-0.15, -0.1) is 0 Å². The highest BCUT2D eigenvalue weighted by molar-refractivity contribution is 6.08. The quantitative estimate of drug-likeness (QED) is 0.805. The number of hydrogen-bond acceptors (Lipinski definition) is 5. The molecular formula is C14H12N2O4. The van der Waals surface area contributed by atoms with Gasteiger partial charge < -0.3 is 15.1 Å². The third-order valence-corrected chi connectivity index (χ3v) is 3.13. The fraction of sp³-hybridized carbons (Fsp3) is 0.214. The summed E-state index contributed by atoms with van der Waals surface area (Å²) in [5.41, 5.74) is 0.511. The molecule has 2 rings (SSSR count). The third kappa shape index (κ3) is 2.10. The normalized spacial score (nSPS) is 18.3. The number of carbonyl (C=O) groups is 2. The number of hydrogen-bond donors (Lipinski definition) is 2. The molecule has 0 aromatic heterocycles. The first kappa shape index (κ1) is 13.6. The highest BCUT2D eigenvalue weighted by Gasteiger charge is 2.42. The molecule has 1 heterocycles. The van der Waals surface area contributed by atoms with Crippen LogP contribution >= 0.6 is 0 Å². The van der Waals surface area contributed by atoms with E-state index in [2.05, 4.69) is 0 Å². The Hall–Kier alpha value is -2.81. The van der Waals surface area contributed by atoms with Crippen LogP contribution in [-0.4, -0.2) is 33.3 Å². The van der Waals surface area contributed by atoms with E-state index in [1.807, 2.05) is 6.07 Å². The maximum atomic E-state index is 11.9. The molecule has 20 heavy (non-hydrogen) atoms. The van der Waals surface area contributed by atoms with E-state index in [4.69, 9.17) is 5.26 Å². The molecule has 0 saturated carbocycles. The van der Waals surface area contributed by atoms with E-state index in [-0.39, 0.29) is 17.9 Å². The largest absolute Gasteiger partial charge is 0.508 e. The van der Waals surface area contributed by atoms with Gasteiger partial charge in [-0.3, -0.25) is 9.59 Å². The molecule has 1 atom stereocenters. The number of carbonyl (C=O) groups excluding carboxylic acids is 2. The number of ketones is 1. The number of nitrogens with zero attached hydrogens (tertiary/aromatic N) is 2. The van der Waals surface area contributed by atoms with Crippen molar-refractivity contribution in [1.29, 1.82) is 5.26 Å². The summed E-state index contributed by atoms with van der Waals surface area (Å²) in [6.07, 6.45) is 0. The highest BCUT2D eigenvalue weighted by Crippen LogP contribution is 2.37. The summed E-state index contributed by atoms with van der Waals surface area (Å²) in [5.74, 6) is -1.75. The van der Waals surface area contributed by atoms with Gasteiger partial charge in [-0.1, -0.05) is 12.1 Å². The summed E-state index contributed by atoms with van der Waals surface area (Å²) < 4.78 is 0. The molecule has 0 unspecified atom stereocenters. The molecule has 6 nitrogen and oxygen atoms in total. The van der Waals surface area contributed by atoms with Gasteiger partial charge >= 0.3 is 0 Å². The predicted octanol–water partition coefficient (Wildman–Crippen LogP) is 1.20. The van der Waals surface area contributed by atoms with Crippen molar-refractivity contribution in [2.24, 2.45) is 0 Å². The van der Waals surface area contributed by atoms with Crippen LogP contribution in [0.4, 0.5) is 0 Å². The van der Waals surface area contributed by atoms with Crippen LogP contribution in [0.3, 0.4) is 0 Å². The molecule has 1 aliphatic rings. The van der Waals surface area contributed by atoms with Crippen molar-refractivity contribution in [3.8, 4) is 11.8 Å². The number of phenols is 1. The molecule has 1 amide bonds. The zero-order chi connectivity index (χ0) is 14.9. The fourth-order valence-electron chi connectivity index (χ4n) is 2.26. The Morgan fingerprint density at radius 1 is 1.35 bits per heavy atom. The summed E-state index contributed by atoms with van der Waals surface area (Å²) in [6.45, 7) is 1.01. The predicted molar refractivity (Wildman–Crippen MR) is 68.5 cm³/mol. The zero-order valence-corrected chi connectivity index (χ0v) is 10.7. The van der Waals surface area contributed by atoms with Crippen LogP contribution in [0.25, 0.3) is 0 Å². The van der Waals surface area contributed by atoms with E-state index in [1.54, 1.807) is 12.1 Å². The number of nitriles is 1. The molecule has 0 fully saturated rings. The maximum absolute atomic E-state index is 11.9. The first-order valence-electron chi connectivity index (χ1n) is 5.88. The maximum Gasteiger partial charge on any atom is 0.290 e. The SMILES string of the molecule is CC(=O)C1=C(O)C(=O)N(CC#N)[C@H]1c1ccc(O)cc1. The molecule has 6 heteroatoms. The van der Waals surface area contributed by atoms with Crippen molar-refractivity contribution in [2.75, 3.05) is 6.54 Å². The van der Waals surface area contributed by atoms with Crippen LogP contribution in [0.1, 0.15) is 18.5 Å². The molecule has 1 aromatic carbocycles. The zero-order valence-electron chi connectivity index (χ0n) is 10.7. The lowest BCUT2D eigenvalue weighted by Crippen LogP contribution is -2.31. The fourth-order valence-corrected chi connectivity index (χ4v) is 2.26. The van der Waals surface area contributed by atoms with Gasteiger partial charge in [-0.05, 0) is 24.6 Å². The first-order chi connectivity index (χ1) is 9.47. The number of rotatable bonds is 3. The highest BCUT2D eigenvalue weighted by atomic mass is 16.3. The smallest absolute Gasteiger partial charge is 0.290 e. The van der Waals surface area contributed by atoms with Gasteiger partial charge in [0.05, 0.1) is 17.7 Å². The number of aromatic hydroxyl groups is 1. The molecule has 0 bridgehead atoms. The Morgan fingerprint density at radius 2 is 1.95 bits per heavy atom. The van der Waals surface area contributed by atoms with Crippen molar-refractivity contribution in [2.45, 2.75) is 13.0 Å². The molecule has 0 aliphatic carbocycles. The molecule has 0 saturated heterocycles. The van der Waals surface area contributed by atoms with E-state index < -0.39 is 23.5 Å². The summed E-state index contributed by atoms with van der Waals surface area (Å²) in [4.78, 5) is 24.7. The summed E-state index contributed by atoms with van der Waals surface area (Å²) in [7, 11) is 0. The number of Topliss-reactive ketones (excluding diaryl/α,β-unsaturated/α-hetero) is 1. The van der Waals surface area contributed by atoms with E-state index in [0.717, 1.165) is 4.90 Å². The van der Waals surface area contributed by atoms with Gasteiger partial charge in [0, 0.05) is 0 Å². The lowest BCUT2D eigenvalue weighted by atomic mass is 9.97. The lowest BCUT2D eigenvalue weighted by molar-refractivity contribution is -0.128. The van der Waals surface area contributed by atoms with Gasteiger partial charge in [0.2, 0.25) is 0 Å². The minimum absolute atomic E-state index is 0.0315. The number of aliphatic hydroxyl groups excluding tert-OH is 1. The van der Waals surface area contributed by atoms with Crippen molar-refractivity contribution in [1.82, 2.24) is 4.90 Å². The average Bonchev–Trinajstić information content (AvgIpc) is 2.65. The number of amides is 1. The molecule has 1 aromatic rings. The van der Waals surface area contributed by atoms with Crippen molar-refractivity contribution >= 4 is 11.7 Å². The Balaban J connectivity index is 2.54. The van der Waals surface area contributed by atoms with Crippen molar-refractivity contribution < 1.29 is 19.8 Å². The number of phenolic OH excluding ortho intramolecular Hbond substituents is 1. The molecule has 1 aliphatic heterocycles. The minimum atomic E-state index is -0.805. The summed E-state index contributed by atoms with van der Waals surface area (Å²) in [5, 5.41) is 27.9. The second kappa shape index (κ2) is 5.05. The van der Waals surface area contributed by atoms with E-state index in [1.165, 1.54) is 19.1 Å². The Kier molecular flexibility index (Phi) is 3.44. The van der Waals surface area contributed by atoms with Crippen LogP contribution in [0.2, 0.25) is 0 Å². The van der Waals surface area contributed by atoms with Gasteiger partial charge in [0.15, 0.2) is 11.5 Å². The van der Waals surface area contributed by atoms with Crippen molar-refractivity contribution in [3.63, 3.8) is 0 Å². The Morgan fingerprint density at radius 3 is 2.45 bits per heavy atom. The van der Waals surface area contributed by atoms with Crippen LogP contribution in [0, 0.1) is 11.3 Å². The minimum Gasteiger partial charge on any atom is -0.508 e. The third-order valence-electron chi connectivity index (χ3n) is 3.13. The lowest BCUT2D eigenvalue weighted by Gasteiger charge is -2.23. The summed E-state index contributed by atoms with van der Waals surface area (Å²) >= 11 is 0. The van der Waals surface area contributed by atoms with Gasteiger partial charge in [0.1, 0.15) is 12.3 Å². The Bertz CT molecular complexity index is 640. The van der Waals surface area contributed by atoms with E-state index in [0.29, 0.717) is 5.56 Å². The Labute approximate surface area is 115 Å².